The Bertz CT molecular complexity index is 910. The van der Waals surface area contributed by atoms with Crippen molar-refractivity contribution in [1.82, 2.24) is 15.4 Å². The SMILES string of the molecule is COc1ccc(C2C(Cl)C(=O)N2NC(=O)COc2nc(Cl)c(Cl)cc2Cl)cc1. The van der Waals surface area contributed by atoms with Gasteiger partial charge in [-0.15, -0.1) is 11.6 Å². The lowest BCUT2D eigenvalue weighted by Crippen LogP contribution is -2.63. The van der Waals surface area contributed by atoms with Crippen molar-refractivity contribution in [2.45, 2.75) is 11.4 Å². The minimum atomic E-state index is -0.791. The number of β-lactam (4-membered cyclic amide) rings is 1. The first-order chi connectivity index (χ1) is 13.3. The summed E-state index contributed by atoms with van der Waals surface area (Å²) in [6.45, 7) is -0.448. The summed E-state index contributed by atoms with van der Waals surface area (Å²) in [4.78, 5) is 28.1. The van der Waals surface area contributed by atoms with Gasteiger partial charge in [-0.3, -0.25) is 15.0 Å². The zero-order valence-electron chi connectivity index (χ0n) is 14.3. The number of rotatable bonds is 6. The summed E-state index contributed by atoms with van der Waals surface area (Å²) in [5, 5.41) is 0.601. The number of hydrazine groups is 1. The second kappa shape index (κ2) is 8.61. The number of amides is 2. The Hall–Kier alpha value is -1.93. The molecule has 1 aliphatic rings. The zero-order valence-corrected chi connectivity index (χ0v) is 17.3. The van der Waals surface area contributed by atoms with Crippen molar-refractivity contribution in [2.75, 3.05) is 13.7 Å². The molecular formula is C17H13Cl4N3O4. The third-order valence-corrected chi connectivity index (χ3v) is 5.29. The molecule has 1 saturated heterocycles. The predicted octanol–water partition coefficient (Wildman–Crippen LogP) is 3.65. The molecule has 0 radical (unpaired) electrons. The van der Waals surface area contributed by atoms with Crippen LogP contribution < -0.4 is 14.9 Å². The van der Waals surface area contributed by atoms with Crippen LogP contribution >= 0.6 is 46.4 Å². The maximum Gasteiger partial charge on any atom is 0.276 e. The van der Waals surface area contributed by atoms with Gasteiger partial charge in [0.05, 0.1) is 12.1 Å². The number of carbonyl (C=O) groups excluding carboxylic acids is 2. The van der Waals surface area contributed by atoms with E-state index in [-0.39, 0.29) is 21.1 Å². The number of pyridine rings is 1. The minimum Gasteiger partial charge on any atom is -0.497 e. The van der Waals surface area contributed by atoms with Crippen molar-refractivity contribution in [1.29, 1.82) is 0 Å². The van der Waals surface area contributed by atoms with E-state index in [1.54, 1.807) is 31.4 Å². The lowest BCUT2D eigenvalue weighted by molar-refractivity contribution is -0.157. The maximum atomic E-state index is 12.2. The van der Waals surface area contributed by atoms with E-state index in [0.29, 0.717) is 5.75 Å². The molecule has 7 nitrogen and oxygen atoms in total. The second-order valence-electron chi connectivity index (χ2n) is 5.70. The fourth-order valence-corrected chi connectivity index (χ4v) is 3.44. The van der Waals surface area contributed by atoms with Gasteiger partial charge in [0, 0.05) is 0 Å². The molecule has 1 N–H and O–H groups in total. The highest BCUT2D eigenvalue weighted by Crippen LogP contribution is 2.37. The van der Waals surface area contributed by atoms with E-state index in [2.05, 4.69) is 10.4 Å². The molecule has 28 heavy (non-hydrogen) atoms. The van der Waals surface area contributed by atoms with Crippen LogP contribution in [0.2, 0.25) is 15.2 Å². The van der Waals surface area contributed by atoms with Crippen LogP contribution in [-0.4, -0.2) is 40.9 Å². The maximum absolute atomic E-state index is 12.2. The summed E-state index contributed by atoms with van der Waals surface area (Å²) in [6.07, 6.45) is 0. The first-order valence-corrected chi connectivity index (χ1v) is 9.43. The number of halogens is 4. The molecule has 0 spiro atoms. The van der Waals surface area contributed by atoms with E-state index < -0.39 is 29.8 Å². The van der Waals surface area contributed by atoms with Crippen LogP contribution in [0, 0.1) is 0 Å². The fraction of sp³-hybridized carbons (Fsp3) is 0.235. The molecule has 2 atom stereocenters. The van der Waals surface area contributed by atoms with Gasteiger partial charge in [-0.1, -0.05) is 46.9 Å². The van der Waals surface area contributed by atoms with Crippen LogP contribution in [0.5, 0.6) is 11.6 Å². The zero-order chi connectivity index (χ0) is 20.4. The average Bonchev–Trinajstić information content (AvgIpc) is 2.69. The number of hydrogen-bond acceptors (Lipinski definition) is 5. The Morgan fingerprint density at radius 2 is 1.89 bits per heavy atom. The van der Waals surface area contributed by atoms with Gasteiger partial charge < -0.3 is 9.47 Å². The Morgan fingerprint density at radius 1 is 1.21 bits per heavy atom. The van der Waals surface area contributed by atoms with Gasteiger partial charge in [0.1, 0.15) is 22.2 Å². The van der Waals surface area contributed by atoms with E-state index in [9.17, 15) is 9.59 Å². The van der Waals surface area contributed by atoms with Gasteiger partial charge >= 0.3 is 0 Å². The molecule has 1 aromatic carbocycles. The number of carbonyl (C=O) groups is 2. The summed E-state index contributed by atoms with van der Waals surface area (Å²) >= 11 is 23.7. The smallest absolute Gasteiger partial charge is 0.276 e. The molecule has 0 aliphatic carbocycles. The third-order valence-electron chi connectivity index (χ3n) is 3.93. The van der Waals surface area contributed by atoms with Crippen LogP contribution in [-0.2, 0) is 9.59 Å². The lowest BCUT2D eigenvalue weighted by atomic mass is 9.95. The number of benzene rings is 1. The number of ether oxygens (including phenoxy) is 2. The molecule has 1 aliphatic heterocycles. The van der Waals surface area contributed by atoms with Crippen molar-refractivity contribution >= 4 is 58.2 Å². The van der Waals surface area contributed by atoms with Crippen LogP contribution in [0.4, 0.5) is 0 Å². The van der Waals surface area contributed by atoms with Crippen molar-refractivity contribution in [2.24, 2.45) is 0 Å². The van der Waals surface area contributed by atoms with Crippen LogP contribution in [0.25, 0.3) is 0 Å². The molecule has 1 aromatic heterocycles. The van der Waals surface area contributed by atoms with E-state index in [4.69, 9.17) is 55.9 Å². The number of hydrogen-bond donors (Lipinski definition) is 1. The first-order valence-electron chi connectivity index (χ1n) is 7.86. The molecular weight excluding hydrogens is 452 g/mol. The average molecular weight is 465 g/mol. The largest absolute Gasteiger partial charge is 0.497 e. The number of alkyl halides is 1. The van der Waals surface area contributed by atoms with E-state index >= 15 is 0 Å². The second-order valence-corrected chi connectivity index (χ2v) is 7.34. The Kier molecular flexibility index (Phi) is 6.40. The molecule has 0 saturated carbocycles. The van der Waals surface area contributed by atoms with Crippen molar-refractivity contribution in [3.05, 3.63) is 51.1 Å². The molecule has 2 unspecified atom stereocenters. The summed E-state index contributed by atoms with van der Waals surface area (Å²) in [5.41, 5.74) is 3.21. The van der Waals surface area contributed by atoms with Crippen molar-refractivity contribution in [3.63, 3.8) is 0 Å². The number of nitrogens with zero attached hydrogens (tertiary/aromatic N) is 2. The fourth-order valence-electron chi connectivity index (χ4n) is 2.53. The molecule has 2 amide bonds. The highest BCUT2D eigenvalue weighted by atomic mass is 35.5. The van der Waals surface area contributed by atoms with Gasteiger partial charge in [0.2, 0.25) is 5.88 Å². The topological polar surface area (TPSA) is 80.8 Å². The minimum absolute atomic E-state index is 0.0102. The summed E-state index contributed by atoms with van der Waals surface area (Å²) < 4.78 is 10.4. The van der Waals surface area contributed by atoms with Crippen molar-refractivity contribution in [3.8, 4) is 11.6 Å². The molecule has 2 heterocycles. The van der Waals surface area contributed by atoms with Gasteiger partial charge in [-0.05, 0) is 23.8 Å². The highest BCUT2D eigenvalue weighted by molar-refractivity contribution is 6.42. The van der Waals surface area contributed by atoms with Gasteiger partial charge in [-0.25, -0.2) is 5.01 Å². The van der Waals surface area contributed by atoms with Gasteiger partial charge in [0.25, 0.3) is 11.8 Å². The van der Waals surface area contributed by atoms with Crippen LogP contribution in [0.15, 0.2) is 30.3 Å². The summed E-state index contributed by atoms with van der Waals surface area (Å²) in [5.74, 6) is -0.417. The lowest BCUT2D eigenvalue weighted by Gasteiger charge is -2.43. The highest BCUT2D eigenvalue weighted by Gasteiger charge is 2.48. The molecule has 2 aromatic rings. The van der Waals surface area contributed by atoms with Crippen LogP contribution in [0.1, 0.15) is 11.6 Å². The standard InChI is InChI=1S/C17H13Cl4N3O4/c1-27-9-4-2-8(3-5-9)14-13(20)17(26)24(14)23-12(25)7-28-16-11(19)6-10(18)15(21)22-16/h2-6,13-14H,7H2,1H3,(H,23,25). The van der Waals surface area contributed by atoms with E-state index in [0.717, 1.165) is 10.6 Å². The summed E-state index contributed by atoms with van der Waals surface area (Å²) in [6, 6.07) is 7.84. The van der Waals surface area contributed by atoms with Crippen LogP contribution in [0.3, 0.4) is 0 Å². The quantitative estimate of drug-likeness (QED) is 0.401. The van der Waals surface area contributed by atoms with Crippen molar-refractivity contribution < 1.29 is 19.1 Å². The Morgan fingerprint density at radius 3 is 2.54 bits per heavy atom. The van der Waals surface area contributed by atoms with E-state index in [1.165, 1.54) is 6.07 Å². The molecule has 148 valence electrons. The molecule has 11 heteroatoms. The first kappa shape index (κ1) is 20.8. The Balaban J connectivity index is 1.63. The van der Waals surface area contributed by atoms with Gasteiger partial charge in [-0.2, -0.15) is 4.98 Å². The number of nitrogens with one attached hydrogen (secondary N) is 1. The Labute approximate surface area is 180 Å². The monoisotopic (exact) mass is 463 g/mol. The number of methoxy groups -OCH3 is 1. The third kappa shape index (κ3) is 4.22. The number of aromatic nitrogens is 1. The summed E-state index contributed by atoms with van der Waals surface area (Å²) in [7, 11) is 1.55. The van der Waals surface area contributed by atoms with Gasteiger partial charge in [0.15, 0.2) is 11.8 Å². The normalized spacial score (nSPS) is 18.5. The van der Waals surface area contributed by atoms with E-state index in [1.807, 2.05) is 0 Å². The molecule has 1 fully saturated rings. The molecule has 0 bridgehead atoms. The predicted molar refractivity (Wildman–Crippen MR) is 105 cm³/mol. The molecule has 3 rings (SSSR count).